The number of carbonyl (C=O) groups is 1. The van der Waals surface area contributed by atoms with E-state index in [1.165, 1.54) is 6.42 Å². The molecule has 3 rings (SSSR count). The van der Waals surface area contributed by atoms with Crippen molar-refractivity contribution in [3.8, 4) is 0 Å². The lowest BCUT2D eigenvalue weighted by molar-refractivity contribution is 0.0683. The zero-order chi connectivity index (χ0) is 17.1. The summed E-state index contributed by atoms with van der Waals surface area (Å²) >= 11 is 11.9. The molecule has 1 saturated heterocycles. The molecule has 6 heteroatoms. The van der Waals surface area contributed by atoms with Crippen molar-refractivity contribution in [2.75, 3.05) is 18.4 Å². The number of nitrogens with zero attached hydrogens (tertiary/aromatic N) is 2. The number of rotatable bonds is 3. The summed E-state index contributed by atoms with van der Waals surface area (Å²) in [6.07, 6.45) is 3.89. The van der Waals surface area contributed by atoms with Gasteiger partial charge in [-0.05, 0) is 49.1 Å². The molecule has 1 fully saturated rings. The predicted octanol–water partition coefficient (Wildman–Crippen LogP) is 5.00. The maximum atomic E-state index is 12.7. The van der Waals surface area contributed by atoms with Gasteiger partial charge < -0.3 is 10.2 Å². The van der Waals surface area contributed by atoms with Crippen molar-refractivity contribution in [3.63, 3.8) is 0 Å². The number of anilines is 2. The molecule has 1 unspecified atom stereocenters. The van der Waals surface area contributed by atoms with E-state index in [4.69, 9.17) is 23.2 Å². The van der Waals surface area contributed by atoms with Crippen LogP contribution in [0.15, 0.2) is 36.5 Å². The SMILES string of the molecule is CC1CCCN(C(=O)c2ccnc(Nc3ccc(Cl)c(Cl)c3)c2)C1. The van der Waals surface area contributed by atoms with Gasteiger partial charge in [0.25, 0.3) is 5.91 Å². The molecule has 24 heavy (non-hydrogen) atoms. The first-order chi connectivity index (χ1) is 11.5. The maximum absolute atomic E-state index is 12.7. The standard InChI is InChI=1S/C18H19Cl2N3O/c1-12-3-2-8-23(11-12)18(24)13-6-7-21-17(9-13)22-14-4-5-15(19)16(20)10-14/h4-7,9-10,12H,2-3,8,11H2,1H3,(H,21,22). The molecule has 1 aliphatic heterocycles. The minimum absolute atomic E-state index is 0.0566. The first-order valence-electron chi connectivity index (χ1n) is 8.00. The summed E-state index contributed by atoms with van der Waals surface area (Å²) in [5.41, 5.74) is 1.41. The van der Waals surface area contributed by atoms with Crippen LogP contribution < -0.4 is 5.32 Å². The van der Waals surface area contributed by atoms with Gasteiger partial charge in [0, 0.05) is 30.5 Å². The van der Waals surface area contributed by atoms with E-state index in [-0.39, 0.29) is 5.91 Å². The number of benzene rings is 1. The van der Waals surface area contributed by atoms with Gasteiger partial charge >= 0.3 is 0 Å². The number of carbonyl (C=O) groups excluding carboxylic acids is 1. The van der Waals surface area contributed by atoms with Crippen molar-refractivity contribution in [3.05, 3.63) is 52.1 Å². The predicted molar refractivity (Wildman–Crippen MR) is 98.3 cm³/mol. The van der Waals surface area contributed by atoms with Crippen LogP contribution >= 0.6 is 23.2 Å². The van der Waals surface area contributed by atoms with Crippen molar-refractivity contribution < 1.29 is 4.79 Å². The van der Waals surface area contributed by atoms with E-state index < -0.39 is 0 Å². The van der Waals surface area contributed by atoms with Crippen LogP contribution in [0, 0.1) is 5.92 Å². The Morgan fingerprint density at radius 2 is 2.08 bits per heavy atom. The molecule has 1 atom stereocenters. The molecule has 2 heterocycles. The molecular weight excluding hydrogens is 345 g/mol. The number of nitrogens with one attached hydrogen (secondary N) is 1. The average molecular weight is 364 g/mol. The quantitative estimate of drug-likeness (QED) is 0.833. The molecule has 1 N–H and O–H groups in total. The van der Waals surface area contributed by atoms with Gasteiger partial charge in [-0.25, -0.2) is 4.98 Å². The number of halogens is 2. The normalized spacial score (nSPS) is 17.6. The zero-order valence-electron chi connectivity index (χ0n) is 13.4. The molecule has 1 aromatic carbocycles. The van der Waals surface area contributed by atoms with Gasteiger partial charge in [0.1, 0.15) is 5.82 Å². The van der Waals surface area contributed by atoms with Crippen LogP contribution in [0.5, 0.6) is 0 Å². The van der Waals surface area contributed by atoms with Crippen LogP contribution in [0.3, 0.4) is 0 Å². The topological polar surface area (TPSA) is 45.2 Å². The Hall–Kier alpha value is -1.78. The third-order valence-electron chi connectivity index (χ3n) is 4.14. The highest BCUT2D eigenvalue weighted by molar-refractivity contribution is 6.42. The second-order valence-corrected chi connectivity index (χ2v) is 7.00. The Morgan fingerprint density at radius 3 is 2.83 bits per heavy atom. The highest BCUT2D eigenvalue weighted by Gasteiger charge is 2.22. The Labute approximate surface area is 151 Å². The van der Waals surface area contributed by atoms with Crippen LogP contribution in [-0.2, 0) is 0 Å². The van der Waals surface area contributed by atoms with Gasteiger partial charge in [0.05, 0.1) is 10.0 Å². The monoisotopic (exact) mass is 363 g/mol. The molecule has 1 aliphatic rings. The molecule has 0 spiro atoms. The van der Waals surface area contributed by atoms with Crippen molar-refractivity contribution in [2.24, 2.45) is 5.92 Å². The lowest BCUT2D eigenvalue weighted by Gasteiger charge is -2.31. The molecule has 0 bridgehead atoms. The summed E-state index contributed by atoms with van der Waals surface area (Å²) in [6, 6.07) is 8.78. The van der Waals surface area contributed by atoms with Gasteiger partial charge in [-0.15, -0.1) is 0 Å². The number of piperidine rings is 1. The summed E-state index contributed by atoms with van der Waals surface area (Å²) < 4.78 is 0. The van der Waals surface area contributed by atoms with E-state index >= 15 is 0 Å². The third-order valence-corrected chi connectivity index (χ3v) is 4.88. The fraction of sp³-hybridized carbons (Fsp3) is 0.333. The maximum Gasteiger partial charge on any atom is 0.254 e. The Morgan fingerprint density at radius 1 is 1.25 bits per heavy atom. The molecule has 0 aliphatic carbocycles. The Bertz CT molecular complexity index is 751. The van der Waals surface area contributed by atoms with Crippen LogP contribution in [0.4, 0.5) is 11.5 Å². The largest absolute Gasteiger partial charge is 0.340 e. The number of aromatic nitrogens is 1. The van der Waals surface area contributed by atoms with E-state index in [0.717, 1.165) is 25.2 Å². The fourth-order valence-corrected chi connectivity index (χ4v) is 3.21. The zero-order valence-corrected chi connectivity index (χ0v) is 14.9. The van der Waals surface area contributed by atoms with Crippen LogP contribution in [-0.4, -0.2) is 28.9 Å². The molecule has 1 amide bonds. The number of amides is 1. The Kier molecular flexibility index (Phi) is 5.27. The van der Waals surface area contributed by atoms with E-state index in [9.17, 15) is 4.79 Å². The van der Waals surface area contributed by atoms with E-state index in [0.29, 0.717) is 27.3 Å². The average Bonchev–Trinajstić information content (AvgIpc) is 2.58. The molecule has 126 valence electrons. The van der Waals surface area contributed by atoms with E-state index in [1.54, 1.807) is 30.5 Å². The van der Waals surface area contributed by atoms with E-state index in [2.05, 4.69) is 17.2 Å². The second kappa shape index (κ2) is 7.41. The summed E-state index contributed by atoms with van der Waals surface area (Å²) in [6.45, 7) is 3.82. The number of pyridine rings is 1. The number of hydrogen-bond donors (Lipinski definition) is 1. The van der Waals surface area contributed by atoms with Gasteiger partial charge in [-0.1, -0.05) is 30.1 Å². The molecule has 0 radical (unpaired) electrons. The van der Waals surface area contributed by atoms with Crippen LogP contribution in [0.1, 0.15) is 30.1 Å². The lowest BCUT2D eigenvalue weighted by Crippen LogP contribution is -2.39. The third kappa shape index (κ3) is 4.00. The molecular formula is C18H19Cl2N3O. The first-order valence-corrected chi connectivity index (χ1v) is 8.76. The van der Waals surface area contributed by atoms with Crippen molar-refractivity contribution in [1.29, 1.82) is 0 Å². The van der Waals surface area contributed by atoms with Gasteiger partial charge in [0.15, 0.2) is 0 Å². The Balaban J connectivity index is 1.76. The van der Waals surface area contributed by atoms with Crippen molar-refractivity contribution >= 4 is 40.6 Å². The smallest absolute Gasteiger partial charge is 0.254 e. The summed E-state index contributed by atoms with van der Waals surface area (Å²) in [7, 11) is 0. The van der Waals surface area contributed by atoms with E-state index in [1.807, 2.05) is 11.0 Å². The van der Waals surface area contributed by atoms with Crippen molar-refractivity contribution in [1.82, 2.24) is 9.88 Å². The van der Waals surface area contributed by atoms with Crippen LogP contribution in [0.2, 0.25) is 10.0 Å². The van der Waals surface area contributed by atoms with Gasteiger partial charge in [-0.2, -0.15) is 0 Å². The summed E-state index contributed by atoms with van der Waals surface area (Å²) in [5.74, 6) is 1.21. The highest BCUT2D eigenvalue weighted by Crippen LogP contribution is 2.27. The van der Waals surface area contributed by atoms with Gasteiger partial charge in [-0.3, -0.25) is 4.79 Å². The number of likely N-dealkylation sites (tertiary alicyclic amines) is 1. The molecule has 0 saturated carbocycles. The fourth-order valence-electron chi connectivity index (χ4n) is 2.91. The minimum atomic E-state index is 0.0566. The highest BCUT2D eigenvalue weighted by atomic mass is 35.5. The molecule has 4 nitrogen and oxygen atoms in total. The summed E-state index contributed by atoms with van der Waals surface area (Å²) in [5, 5.41) is 4.12. The van der Waals surface area contributed by atoms with Crippen molar-refractivity contribution in [2.45, 2.75) is 19.8 Å². The second-order valence-electron chi connectivity index (χ2n) is 6.18. The first kappa shape index (κ1) is 17.1. The molecule has 2 aromatic rings. The van der Waals surface area contributed by atoms with Crippen LogP contribution in [0.25, 0.3) is 0 Å². The van der Waals surface area contributed by atoms with Gasteiger partial charge in [0.2, 0.25) is 0 Å². The number of hydrogen-bond acceptors (Lipinski definition) is 3. The minimum Gasteiger partial charge on any atom is -0.340 e. The lowest BCUT2D eigenvalue weighted by atomic mass is 9.99. The molecule has 1 aromatic heterocycles. The summed E-state index contributed by atoms with van der Waals surface area (Å²) in [4.78, 5) is 18.9.